The number of carbonyl (C=O) groups is 1. The molecule has 0 unspecified atom stereocenters. The van der Waals surface area contributed by atoms with E-state index in [1.54, 1.807) is 11.4 Å². The molecule has 0 amide bonds. The van der Waals surface area contributed by atoms with Crippen LogP contribution in [0.25, 0.3) is 10.9 Å². The number of aromatic nitrogens is 1. The second kappa shape index (κ2) is 7.71. The zero-order chi connectivity index (χ0) is 18.7. The topological polar surface area (TPSA) is 85.4 Å². The summed E-state index contributed by atoms with van der Waals surface area (Å²) in [5.74, 6) is -0.714. The predicted molar refractivity (Wildman–Crippen MR) is 101 cm³/mol. The molecule has 1 N–H and O–H groups in total. The molecule has 0 atom stereocenters. The van der Waals surface area contributed by atoms with E-state index in [2.05, 4.69) is 9.71 Å². The Morgan fingerprint density at radius 2 is 2.04 bits per heavy atom. The Bertz CT molecular complexity index is 1050. The molecular formula is C17H15ClN2O4S2. The number of para-hydroxylation sites is 1. The van der Waals surface area contributed by atoms with Crippen molar-refractivity contribution in [1.82, 2.24) is 9.71 Å². The van der Waals surface area contributed by atoms with Crippen LogP contribution >= 0.6 is 22.9 Å². The molecule has 0 aliphatic heterocycles. The van der Waals surface area contributed by atoms with Crippen LogP contribution in [0.5, 0.6) is 0 Å². The van der Waals surface area contributed by atoms with Crippen LogP contribution in [0.4, 0.5) is 0 Å². The number of hydrogen-bond acceptors (Lipinski definition) is 6. The first-order valence-electron chi connectivity index (χ1n) is 7.61. The monoisotopic (exact) mass is 410 g/mol. The minimum Gasteiger partial charge on any atom is -0.458 e. The molecule has 0 saturated heterocycles. The second-order valence-corrected chi connectivity index (χ2v) is 8.75. The first kappa shape index (κ1) is 18.8. The molecule has 0 bridgehead atoms. The van der Waals surface area contributed by atoms with Gasteiger partial charge < -0.3 is 4.74 Å². The standard InChI is InChI=1S/C17H15ClN2O4S2/c1-11-12-5-2-3-6-13(12)20-14(17(11)18)10-24-15(21)9-19-26(22,23)16-7-4-8-25-16/h2-8,19H,9-10H2,1H3. The van der Waals surface area contributed by atoms with Crippen LogP contribution in [0.3, 0.4) is 0 Å². The van der Waals surface area contributed by atoms with E-state index in [1.165, 1.54) is 6.07 Å². The number of esters is 1. The van der Waals surface area contributed by atoms with Gasteiger partial charge in [-0.3, -0.25) is 4.79 Å². The van der Waals surface area contributed by atoms with Gasteiger partial charge in [0.15, 0.2) is 0 Å². The highest BCUT2D eigenvalue weighted by atomic mass is 35.5. The zero-order valence-electron chi connectivity index (χ0n) is 13.7. The molecule has 6 nitrogen and oxygen atoms in total. The highest BCUT2D eigenvalue weighted by Crippen LogP contribution is 2.27. The van der Waals surface area contributed by atoms with E-state index < -0.39 is 22.5 Å². The maximum Gasteiger partial charge on any atom is 0.321 e. The summed E-state index contributed by atoms with van der Waals surface area (Å²) in [4.78, 5) is 16.3. The van der Waals surface area contributed by atoms with Gasteiger partial charge in [-0.2, -0.15) is 4.72 Å². The average molecular weight is 411 g/mol. The van der Waals surface area contributed by atoms with Crippen molar-refractivity contribution >= 4 is 49.8 Å². The van der Waals surface area contributed by atoms with Crippen molar-refractivity contribution in [3.8, 4) is 0 Å². The molecule has 0 aliphatic carbocycles. The van der Waals surface area contributed by atoms with Crippen molar-refractivity contribution in [2.45, 2.75) is 17.7 Å². The number of nitrogens with zero attached hydrogens (tertiary/aromatic N) is 1. The molecule has 2 aromatic heterocycles. The maximum absolute atomic E-state index is 12.0. The fourth-order valence-corrected chi connectivity index (χ4v) is 4.56. The van der Waals surface area contributed by atoms with Gasteiger partial charge >= 0.3 is 5.97 Å². The largest absolute Gasteiger partial charge is 0.458 e. The van der Waals surface area contributed by atoms with Gasteiger partial charge in [0.25, 0.3) is 10.0 Å². The van der Waals surface area contributed by atoms with Gasteiger partial charge in [0, 0.05) is 5.39 Å². The Labute approximate surface area is 159 Å². The molecule has 26 heavy (non-hydrogen) atoms. The molecule has 0 radical (unpaired) electrons. The fourth-order valence-electron chi connectivity index (χ4n) is 2.35. The number of carbonyl (C=O) groups excluding carboxylic acids is 1. The summed E-state index contributed by atoms with van der Waals surface area (Å²) in [5, 5.41) is 3.00. The molecule has 1 aromatic carbocycles. The summed E-state index contributed by atoms with van der Waals surface area (Å²) >= 11 is 7.38. The first-order valence-corrected chi connectivity index (χ1v) is 10.3. The minimum absolute atomic E-state index is 0.135. The summed E-state index contributed by atoms with van der Waals surface area (Å²) in [5.41, 5.74) is 2.03. The third-order valence-electron chi connectivity index (χ3n) is 3.68. The van der Waals surface area contributed by atoms with Crippen molar-refractivity contribution in [2.24, 2.45) is 0 Å². The van der Waals surface area contributed by atoms with Gasteiger partial charge in [-0.25, -0.2) is 13.4 Å². The van der Waals surface area contributed by atoms with Crippen LogP contribution in [0.2, 0.25) is 5.02 Å². The number of ether oxygens (including phenoxy) is 1. The van der Waals surface area contributed by atoms with Crippen molar-refractivity contribution in [3.63, 3.8) is 0 Å². The lowest BCUT2D eigenvalue weighted by atomic mass is 10.1. The average Bonchev–Trinajstić information content (AvgIpc) is 3.17. The number of sulfonamides is 1. The molecule has 3 rings (SSSR count). The lowest BCUT2D eigenvalue weighted by molar-refractivity contribution is -0.143. The minimum atomic E-state index is -3.71. The number of hydrogen-bond donors (Lipinski definition) is 1. The van der Waals surface area contributed by atoms with E-state index in [1.807, 2.05) is 31.2 Å². The summed E-state index contributed by atoms with van der Waals surface area (Å²) in [6.45, 7) is 1.27. The Kier molecular flexibility index (Phi) is 5.57. The summed E-state index contributed by atoms with van der Waals surface area (Å²) in [7, 11) is -3.71. The third-order valence-corrected chi connectivity index (χ3v) is 6.98. The number of aryl methyl sites for hydroxylation is 1. The molecule has 9 heteroatoms. The molecule has 0 spiro atoms. The van der Waals surface area contributed by atoms with Crippen molar-refractivity contribution in [3.05, 3.63) is 58.1 Å². The van der Waals surface area contributed by atoms with Crippen molar-refractivity contribution in [1.29, 1.82) is 0 Å². The molecule has 3 aromatic rings. The van der Waals surface area contributed by atoms with Gasteiger partial charge in [0.05, 0.1) is 16.2 Å². The lowest BCUT2D eigenvalue weighted by Crippen LogP contribution is -2.30. The maximum atomic E-state index is 12.0. The highest BCUT2D eigenvalue weighted by molar-refractivity contribution is 7.91. The van der Waals surface area contributed by atoms with Gasteiger partial charge in [0.2, 0.25) is 0 Å². The van der Waals surface area contributed by atoms with Crippen LogP contribution in [-0.4, -0.2) is 25.9 Å². The fraction of sp³-hybridized carbons (Fsp3) is 0.176. The molecular weight excluding hydrogens is 396 g/mol. The SMILES string of the molecule is Cc1c(Cl)c(COC(=O)CNS(=O)(=O)c2cccs2)nc2ccccc12. The summed E-state index contributed by atoms with van der Waals surface area (Å²) in [6.07, 6.45) is 0. The Balaban J connectivity index is 1.65. The second-order valence-electron chi connectivity index (χ2n) is 5.43. The van der Waals surface area contributed by atoms with E-state index in [0.29, 0.717) is 10.7 Å². The Morgan fingerprint density at radius 3 is 2.77 bits per heavy atom. The van der Waals surface area contributed by atoms with Crippen LogP contribution < -0.4 is 4.72 Å². The van der Waals surface area contributed by atoms with Crippen LogP contribution in [-0.2, 0) is 26.2 Å². The summed E-state index contributed by atoms with van der Waals surface area (Å²) < 4.78 is 31.4. The molecule has 0 saturated carbocycles. The van der Waals surface area contributed by atoms with E-state index in [-0.39, 0.29) is 10.8 Å². The van der Waals surface area contributed by atoms with Crippen molar-refractivity contribution in [2.75, 3.05) is 6.54 Å². The number of thiophene rings is 1. The molecule has 136 valence electrons. The molecule has 0 fully saturated rings. The lowest BCUT2D eigenvalue weighted by Gasteiger charge is -2.11. The number of rotatable bonds is 6. The number of halogens is 1. The zero-order valence-corrected chi connectivity index (χ0v) is 16.1. The molecule has 2 heterocycles. The first-order chi connectivity index (χ1) is 12.4. The van der Waals surface area contributed by atoms with E-state index in [4.69, 9.17) is 16.3 Å². The predicted octanol–water partition coefficient (Wildman–Crippen LogP) is 3.28. The highest BCUT2D eigenvalue weighted by Gasteiger charge is 2.18. The van der Waals surface area contributed by atoms with Gasteiger partial charge in [-0.15, -0.1) is 11.3 Å². The van der Waals surface area contributed by atoms with Crippen molar-refractivity contribution < 1.29 is 17.9 Å². The van der Waals surface area contributed by atoms with E-state index >= 15 is 0 Å². The number of fused-ring (bicyclic) bond motifs is 1. The van der Waals surface area contributed by atoms with Crippen LogP contribution in [0.15, 0.2) is 46.0 Å². The molecule has 0 aliphatic rings. The Hall–Kier alpha value is -2.00. The number of pyridine rings is 1. The van der Waals surface area contributed by atoms with Crippen LogP contribution in [0, 0.1) is 6.92 Å². The van der Waals surface area contributed by atoms with E-state index in [0.717, 1.165) is 27.8 Å². The Morgan fingerprint density at radius 1 is 1.27 bits per heavy atom. The van der Waals surface area contributed by atoms with Gasteiger partial charge in [-0.1, -0.05) is 35.9 Å². The normalized spacial score (nSPS) is 11.6. The number of benzene rings is 1. The third kappa shape index (κ3) is 4.04. The summed E-state index contributed by atoms with van der Waals surface area (Å²) in [6, 6.07) is 10.6. The van der Waals surface area contributed by atoms with Gasteiger partial charge in [0.1, 0.15) is 17.4 Å². The van der Waals surface area contributed by atoms with Gasteiger partial charge in [-0.05, 0) is 30.0 Å². The smallest absolute Gasteiger partial charge is 0.321 e. The van der Waals surface area contributed by atoms with Crippen LogP contribution in [0.1, 0.15) is 11.3 Å². The quantitative estimate of drug-likeness (QED) is 0.630. The van der Waals surface area contributed by atoms with E-state index in [9.17, 15) is 13.2 Å². The number of nitrogens with one attached hydrogen (secondary N) is 1.